The highest BCUT2D eigenvalue weighted by molar-refractivity contribution is 6.35. The zero-order chi connectivity index (χ0) is 21.1. The monoisotopic (exact) mass is 432 g/mol. The van der Waals surface area contributed by atoms with E-state index in [1.54, 1.807) is 6.92 Å². The topological polar surface area (TPSA) is 72.8 Å². The van der Waals surface area contributed by atoms with Gasteiger partial charge in [-0.2, -0.15) is 0 Å². The van der Waals surface area contributed by atoms with E-state index in [1.807, 2.05) is 36.4 Å². The van der Waals surface area contributed by atoms with Gasteiger partial charge in [0, 0.05) is 22.4 Å². The van der Waals surface area contributed by atoms with Gasteiger partial charge in [0.15, 0.2) is 12.9 Å². The van der Waals surface area contributed by atoms with Gasteiger partial charge in [0.25, 0.3) is 0 Å². The summed E-state index contributed by atoms with van der Waals surface area (Å²) in [5, 5.41) is 13.3. The third-order valence-electron chi connectivity index (χ3n) is 4.70. The van der Waals surface area contributed by atoms with E-state index in [-0.39, 0.29) is 35.1 Å². The van der Waals surface area contributed by atoms with Gasteiger partial charge in [0.1, 0.15) is 11.5 Å². The summed E-state index contributed by atoms with van der Waals surface area (Å²) in [6, 6.07) is 11.3. The van der Waals surface area contributed by atoms with Crippen LogP contribution in [0.25, 0.3) is 10.8 Å². The molecule has 0 saturated heterocycles. The fraction of sp³-hybridized carbons (Fsp3) is 0.182. The SMILES string of the molecule is COC(=O)COc1c(Cl)c(C)c(C=O)c(O)c1Cc1ccc2c(Cl)cccc2c1. The number of hydrogen-bond acceptors (Lipinski definition) is 5. The Bertz CT molecular complexity index is 1110. The molecule has 0 radical (unpaired) electrons. The zero-order valence-electron chi connectivity index (χ0n) is 15.8. The molecule has 3 aromatic carbocycles. The molecule has 0 spiro atoms. The average molecular weight is 433 g/mol. The number of hydrogen-bond donors (Lipinski definition) is 1. The Balaban J connectivity index is 2.10. The lowest BCUT2D eigenvalue weighted by atomic mass is 9.96. The fourth-order valence-electron chi connectivity index (χ4n) is 3.13. The van der Waals surface area contributed by atoms with Gasteiger partial charge < -0.3 is 14.6 Å². The van der Waals surface area contributed by atoms with Gasteiger partial charge in [-0.1, -0.05) is 53.5 Å². The lowest BCUT2D eigenvalue weighted by Gasteiger charge is -2.18. The molecule has 0 aromatic heterocycles. The summed E-state index contributed by atoms with van der Waals surface area (Å²) in [4.78, 5) is 23.0. The number of esters is 1. The Hall–Kier alpha value is -2.76. The molecule has 5 nitrogen and oxygen atoms in total. The quantitative estimate of drug-likeness (QED) is 0.432. The van der Waals surface area contributed by atoms with Crippen molar-refractivity contribution in [2.75, 3.05) is 13.7 Å². The molecule has 0 aliphatic carbocycles. The first-order chi connectivity index (χ1) is 13.9. The molecule has 3 aromatic rings. The summed E-state index contributed by atoms with van der Waals surface area (Å²) < 4.78 is 10.2. The predicted octanol–water partition coefficient (Wildman–Crippen LogP) is 5.12. The van der Waals surface area contributed by atoms with Crippen molar-refractivity contribution in [1.29, 1.82) is 0 Å². The number of ether oxygens (including phenoxy) is 2. The molecule has 0 unspecified atom stereocenters. The van der Waals surface area contributed by atoms with E-state index in [0.717, 1.165) is 16.3 Å². The number of methoxy groups -OCH3 is 1. The van der Waals surface area contributed by atoms with Crippen molar-refractivity contribution in [1.82, 2.24) is 0 Å². The van der Waals surface area contributed by atoms with Crippen LogP contribution in [0.5, 0.6) is 11.5 Å². The van der Waals surface area contributed by atoms with Crippen LogP contribution in [0.2, 0.25) is 10.0 Å². The second-order valence-electron chi connectivity index (χ2n) is 6.46. The van der Waals surface area contributed by atoms with Gasteiger partial charge >= 0.3 is 5.97 Å². The zero-order valence-corrected chi connectivity index (χ0v) is 17.3. The fourth-order valence-corrected chi connectivity index (χ4v) is 3.64. The lowest BCUT2D eigenvalue weighted by Crippen LogP contribution is -2.14. The van der Waals surface area contributed by atoms with Crippen molar-refractivity contribution in [3.8, 4) is 11.5 Å². The Kier molecular flexibility index (Phi) is 6.30. The van der Waals surface area contributed by atoms with Crippen molar-refractivity contribution < 1.29 is 24.2 Å². The molecule has 0 aliphatic heterocycles. The maximum atomic E-state index is 11.5. The van der Waals surface area contributed by atoms with Gasteiger partial charge in [-0.15, -0.1) is 0 Å². The third-order valence-corrected chi connectivity index (χ3v) is 5.48. The summed E-state index contributed by atoms with van der Waals surface area (Å²) >= 11 is 12.6. The smallest absolute Gasteiger partial charge is 0.343 e. The molecule has 3 rings (SSSR count). The van der Waals surface area contributed by atoms with Crippen molar-refractivity contribution in [3.05, 3.63) is 68.7 Å². The molecule has 0 amide bonds. The van der Waals surface area contributed by atoms with Crippen molar-refractivity contribution in [2.24, 2.45) is 0 Å². The number of phenolic OH excluding ortho intramolecular Hbond substituents is 1. The van der Waals surface area contributed by atoms with Crippen LogP contribution < -0.4 is 4.74 Å². The molecule has 0 aliphatic rings. The van der Waals surface area contributed by atoms with E-state index in [2.05, 4.69) is 4.74 Å². The first-order valence-electron chi connectivity index (χ1n) is 8.73. The van der Waals surface area contributed by atoms with Crippen LogP contribution in [0.15, 0.2) is 36.4 Å². The number of halogens is 2. The molecule has 150 valence electrons. The molecular formula is C22H18Cl2O5. The number of fused-ring (bicyclic) bond motifs is 1. The number of aldehydes is 1. The maximum Gasteiger partial charge on any atom is 0.343 e. The molecule has 0 fully saturated rings. The van der Waals surface area contributed by atoms with E-state index in [1.165, 1.54) is 7.11 Å². The van der Waals surface area contributed by atoms with Crippen molar-refractivity contribution in [3.63, 3.8) is 0 Å². The van der Waals surface area contributed by atoms with E-state index >= 15 is 0 Å². The van der Waals surface area contributed by atoms with Gasteiger partial charge in [-0.05, 0) is 29.5 Å². The number of carbonyl (C=O) groups excluding carboxylic acids is 2. The Morgan fingerprint density at radius 2 is 1.97 bits per heavy atom. The van der Waals surface area contributed by atoms with Gasteiger partial charge in [0.2, 0.25) is 0 Å². The molecule has 0 bridgehead atoms. The third kappa shape index (κ3) is 4.16. The summed E-state index contributed by atoms with van der Waals surface area (Å²) in [5.41, 5.74) is 1.61. The molecular weight excluding hydrogens is 415 g/mol. The highest BCUT2D eigenvalue weighted by Crippen LogP contribution is 2.42. The van der Waals surface area contributed by atoms with E-state index in [0.29, 0.717) is 22.4 Å². The minimum atomic E-state index is -0.594. The molecule has 7 heteroatoms. The van der Waals surface area contributed by atoms with Crippen LogP contribution in [0, 0.1) is 6.92 Å². The molecule has 1 N–H and O–H groups in total. The highest BCUT2D eigenvalue weighted by atomic mass is 35.5. The number of benzene rings is 3. The highest BCUT2D eigenvalue weighted by Gasteiger charge is 2.23. The lowest BCUT2D eigenvalue weighted by molar-refractivity contribution is -0.142. The van der Waals surface area contributed by atoms with Gasteiger partial charge in [0.05, 0.1) is 17.7 Å². The second-order valence-corrected chi connectivity index (χ2v) is 7.25. The molecule has 0 atom stereocenters. The number of phenols is 1. The molecule has 29 heavy (non-hydrogen) atoms. The summed E-state index contributed by atoms with van der Waals surface area (Å²) in [7, 11) is 1.24. The Morgan fingerprint density at radius 3 is 2.66 bits per heavy atom. The minimum absolute atomic E-state index is 0.0826. The van der Waals surface area contributed by atoms with Crippen LogP contribution >= 0.6 is 23.2 Å². The standard InChI is InChI=1S/C22H18Cl2O5/c1-12-17(10-25)21(27)16(22(20(12)24)29-11-19(26)28-2)9-13-6-7-15-14(8-13)4-3-5-18(15)23/h3-8,10,27H,9,11H2,1-2H3. The maximum absolute atomic E-state index is 11.5. The Morgan fingerprint density at radius 1 is 1.21 bits per heavy atom. The number of rotatable bonds is 6. The predicted molar refractivity (Wildman–Crippen MR) is 113 cm³/mol. The van der Waals surface area contributed by atoms with Gasteiger partial charge in [-0.25, -0.2) is 4.79 Å². The summed E-state index contributed by atoms with van der Waals surface area (Å²) in [6.07, 6.45) is 0.774. The second kappa shape index (κ2) is 8.72. The number of carbonyl (C=O) groups is 2. The summed E-state index contributed by atoms with van der Waals surface area (Å²) in [5.74, 6) is -0.680. The van der Waals surface area contributed by atoms with Crippen molar-refractivity contribution >= 4 is 46.2 Å². The first-order valence-corrected chi connectivity index (χ1v) is 9.48. The van der Waals surface area contributed by atoms with Crippen LogP contribution in [-0.4, -0.2) is 31.1 Å². The van der Waals surface area contributed by atoms with Crippen LogP contribution in [0.4, 0.5) is 0 Å². The van der Waals surface area contributed by atoms with Crippen molar-refractivity contribution in [2.45, 2.75) is 13.3 Å². The molecule has 0 saturated carbocycles. The minimum Gasteiger partial charge on any atom is -0.507 e. The first kappa shape index (κ1) is 21.0. The van der Waals surface area contributed by atoms with Crippen LogP contribution in [0.1, 0.15) is 27.0 Å². The van der Waals surface area contributed by atoms with E-state index in [4.69, 9.17) is 27.9 Å². The van der Waals surface area contributed by atoms with Gasteiger partial charge in [-0.3, -0.25) is 4.79 Å². The van der Waals surface area contributed by atoms with E-state index in [9.17, 15) is 14.7 Å². The average Bonchev–Trinajstić information content (AvgIpc) is 2.72. The normalized spacial score (nSPS) is 10.8. The van der Waals surface area contributed by atoms with Crippen LogP contribution in [0.3, 0.4) is 0 Å². The summed E-state index contributed by atoms with van der Waals surface area (Å²) in [6.45, 7) is 1.22. The Labute approximate surface area is 177 Å². The molecule has 0 heterocycles. The number of aromatic hydroxyl groups is 1. The van der Waals surface area contributed by atoms with E-state index < -0.39 is 5.97 Å². The largest absolute Gasteiger partial charge is 0.507 e. The van der Waals surface area contributed by atoms with Crippen LogP contribution in [-0.2, 0) is 16.0 Å².